The van der Waals surface area contributed by atoms with Gasteiger partial charge in [-0.25, -0.2) is 0 Å². The summed E-state index contributed by atoms with van der Waals surface area (Å²) in [6, 6.07) is 11.1. The van der Waals surface area contributed by atoms with Crippen LogP contribution in [0.15, 0.2) is 52.2 Å². The van der Waals surface area contributed by atoms with Crippen molar-refractivity contribution in [1.82, 2.24) is 20.1 Å². The van der Waals surface area contributed by atoms with Gasteiger partial charge in [0.15, 0.2) is 11.0 Å². The standard InChI is InChI=1S/C19H20N4O5S/c1-26-14-6-3-5-13(9-14)18-21-22-19(23(18)11-15-7-4-8-28-15)29-12-16(24)20-10-17(25)27-2/h3-9H,10-12H2,1-2H3,(H,20,24). The summed E-state index contributed by atoms with van der Waals surface area (Å²) in [5.41, 5.74) is 0.824. The zero-order valence-electron chi connectivity index (χ0n) is 16.0. The monoisotopic (exact) mass is 416 g/mol. The number of hydrogen-bond acceptors (Lipinski definition) is 8. The third kappa shape index (κ3) is 5.38. The number of esters is 1. The number of thioether (sulfide) groups is 1. The number of nitrogens with one attached hydrogen (secondary N) is 1. The first kappa shape index (κ1) is 20.5. The quantitative estimate of drug-likeness (QED) is 0.417. The fourth-order valence-corrected chi connectivity index (χ4v) is 3.26. The lowest BCUT2D eigenvalue weighted by Gasteiger charge is -2.10. The number of furan rings is 1. The summed E-state index contributed by atoms with van der Waals surface area (Å²) in [6.07, 6.45) is 1.60. The van der Waals surface area contributed by atoms with Gasteiger partial charge in [0.2, 0.25) is 5.91 Å². The van der Waals surface area contributed by atoms with Gasteiger partial charge in [0, 0.05) is 5.56 Å². The molecule has 0 aliphatic rings. The van der Waals surface area contributed by atoms with E-state index >= 15 is 0 Å². The number of rotatable bonds is 9. The Kier molecular flexibility index (Phi) is 6.90. The largest absolute Gasteiger partial charge is 0.497 e. The Hall–Kier alpha value is -3.27. The molecule has 0 atom stereocenters. The van der Waals surface area contributed by atoms with Gasteiger partial charge >= 0.3 is 5.97 Å². The van der Waals surface area contributed by atoms with E-state index in [4.69, 9.17) is 9.15 Å². The van der Waals surface area contributed by atoms with Crippen molar-refractivity contribution >= 4 is 23.6 Å². The summed E-state index contributed by atoms with van der Waals surface area (Å²) in [5, 5.41) is 11.6. The molecular weight excluding hydrogens is 396 g/mol. The molecule has 1 aromatic carbocycles. The number of methoxy groups -OCH3 is 2. The molecule has 0 bridgehead atoms. The van der Waals surface area contributed by atoms with Crippen LogP contribution in [0.2, 0.25) is 0 Å². The predicted molar refractivity (Wildman–Crippen MR) is 106 cm³/mol. The number of carbonyl (C=O) groups excluding carboxylic acids is 2. The van der Waals surface area contributed by atoms with E-state index in [0.29, 0.717) is 23.3 Å². The van der Waals surface area contributed by atoms with E-state index in [2.05, 4.69) is 20.3 Å². The summed E-state index contributed by atoms with van der Waals surface area (Å²) in [7, 11) is 2.86. The second-order valence-electron chi connectivity index (χ2n) is 5.85. The van der Waals surface area contributed by atoms with Crippen molar-refractivity contribution in [2.45, 2.75) is 11.7 Å². The highest BCUT2D eigenvalue weighted by molar-refractivity contribution is 7.99. The minimum atomic E-state index is -0.510. The summed E-state index contributed by atoms with van der Waals surface area (Å²) < 4.78 is 17.1. The van der Waals surface area contributed by atoms with E-state index in [1.165, 1.54) is 18.9 Å². The van der Waals surface area contributed by atoms with E-state index in [1.54, 1.807) is 19.4 Å². The molecule has 1 N–H and O–H groups in total. The van der Waals surface area contributed by atoms with Gasteiger partial charge < -0.3 is 19.2 Å². The molecule has 0 fully saturated rings. The van der Waals surface area contributed by atoms with Gasteiger partial charge in [-0.15, -0.1) is 10.2 Å². The fourth-order valence-electron chi connectivity index (χ4n) is 2.50. The van der Waals surface area contributed by atoms with Crippen molar-refractivity contribution in [3.63, 3.8) is 0 Å². The second kappa shape index (κ2) is 9.78. The molecule has 10 heteroatoms. The van der Waals surface area contributed by atoms with Gasteiger partial charge in [-0.3, -0.25) is 14.2 Å². The summed E-state index contributed by atoms with van der Waals surface area (Å²) in [4.78, 5) is 23.1. The Labute approximate surface area is 171 Å². The first-order valence-electron chi connectivity index (χ1n) is 8.67. The molecule has 0 spiro atoms. The molecule has 2 aromatic heterocycles. The van der Waals surface area contributed by atoms with Crippen molar-refractivity contribution in [2.24, 2.45) is 0 Å². The van der Waals surface area contributed by atoms with Gasteiger partial charge in [-0.05, 0) is 24.3 Å². The van der Waals surface area contributed by atoms with Gasteiger partial charge in [-0.1, -0.05) is 23.9 Å². The maximum atomic E-state index is 12.0. The zero-order chi connectivity index (χ0) is 20.6. The van der Waals surface area contributed by atoms with Crippen molar-refractivity contribution in [3.05, 3.63) is 48.4 Å². The first-order chi connectivity index (χ1) is 14.1. The van der Waals surface area contributed by atoms with Gasteiger partial charge in [0.1, 0.15) is 18.1 Å². The van der Waals surface area contributed by atoms with Gasteiger partial charge in [0.05, 0.1) is 32.8 Å². The molecular formula is C19H20N4O5S. The van der Waals surface area contributed by atoms with E-state index < -0.39 is 5.97 Å². The maximum absolute atomic E-state index is 12.0. The van der Waals surface area contributed by atoms with E-state index in [9.17, 15) is 9.59 Å². The van der Waals surface area contributed by atoms with Crippen molar-refractivity contribution in [1.29, 1.82) is 0 Å². The topological polar surface area (TPSA) is 108 Å². The lowest BCUT2D eigenvalue weighted by atomic mass is 10.2. The van der Waals surface area contributed by atoms with Crippen LogP contribution < -0.4 is 10.1 Å². The molecule has 29 heavy (non-hydrogen) atoms. The summed E-state index contributed by atoms with van der Waals surface area (Å²) in [6.45, 7) is 0.225. The van der Waals surface area contributed by atoms with E-state index in [-0.39, 0.29) is 18.2 Å². The number of nitrogens with zero attached hydrogens (tertiary/aromatic N) is 3. The molecule has 0 saturated carbocycles. The van der Waals surface area contributed by atoms with Crippen LogP contribution >= 0.6 is 11.8 Å². The van der Waals surface area contributed by atoms with Gasteiger partial charge in [0.25, 0.3) is 0 Å². The number of amides is 1. The van der Waals surface area contributed by atoms with Crippen LogP contribution in [0.1, 0.15) is 5.76 Å². The zero-order valence-corrected chi connectivity index (χ0v) is 16.8. The molecule has 2 heterocycles. The highest BCUT2D eigenvalue weighted by Crippen LogP contribution is 2.27. The van der Waals surface area contributed by atoms with Gasteiger partial charge in [-0.2, -0.15) is 0 Å². The molecule has 0 aliphatic carbocycles. The molecule has 0 saturated heterocycles. The normalized spacial score (nSPS) is 10.6. The Bertz CT molecular complexity index is 971. The predicted octanol–water partition coefficient (Wildman–Crippen LogP) is 1.98. The molecule has 3 rings (SSSR count). The third-order valence-corrected chi connectivity index (χ3v) is 4.90. The van der Waals surface area contributed by atoms with Crippen LogP contribution in [0, 0.1) is 0 Å². The SMILES string of the molecule is COC(=O)CNC(=O)CSc1nnc(-c2cccc(OC)c2)n1Cc1ccco1. The van der Waals surface area contributed by atoms with E-state index in [1.807, 2.05) is 34.9 Å². The fraction of sp³-hybridized carbons (Fsp3) is 0.263. The minimum absolute atomic E-state index is 0.0748. The number of carbonyl (C=O) groups is 2. The Morgan fingerprint density at radius 3 is 2.79 bits per heavy atom. The third-order valence-electron chi connectivity index (χ3n) is 3.93. The van der Waals surface area contributed by atoms with Crippen LogP contribution in [0.3, 0.4) is 0 Å². The lowest BCUT2D eigenvalue weighted by Crippen LogP contribution is -2.31. The second-order valence-corrected chi connectivity index (χ2v) is 6.79. The van der Waals surface area contributed by atoms with Crippen LogP contribution in [-0.4, -0.2) is 53.2 Å². The molecule has 0 aliphatic heterocycles. The molecule has 3 aromatic rings. The molecule has 152 valence electrons. The average molecular weight is 416 g/mol. The average Bonchev–Trinajstić information content (AvgIpc) is 3.41. The summed E-state index contributed by atoms with van der Waals surface area (Å²) in [5.74, 6) is 1.31. The number of benzene rings is 1. The molecule has 0 unspecified atom stereocenters. The summed E-state index contributed by atoms with van der Waals surface area (Å²) >= 11 is 1.21. The smallest absolute Gasteiger partial charge is 0.325 e. The maximum Gasteiger partial charge on any atom is 0.325 e. The Morgan fingerprint density at radius 1 is 1.21 bits per heavy atom. The van der Waals surface area contributed by atoms with Crippen LogP contribution in [0.4, 0.5) is 0 Å². The van der Waals surface area contributed by atoms with Crippen molar-refractivity contribution in [2.75, 3.05) is 26.5 Å². The molecule has 1 amide bonds. The Morgan fingerprint density at radius 2 is 2.07 bits per heavy atom. The van der Waals surface area contributed by atoms with E-state index in [0.717, 1.165) is 11.3 Å². The molecule has 9 nitrogen and oxygen atoms in total. The van der Waals surface area contributed by atoms with Crippen molar-refractivity contribution < 1.29 is 23.5 Å². The number of ether oxygens (including phenoxy) is 2. The lowest BCUT2D eigenvalue weighted by molar-refractivity contribution is -0.140. The highest BCUT2D eigenvalue weighted by atomic mass is 32.2. The van der Waals surface area contributed by atoms with Crippen LogP contribution in [0.5, 0.6) is 5.75 Å². The van der Waals surface area contributed by atoms with Crippen LogP contribution in [0.25, 0.3) is 11.4 Å². The van der Waals surface area contributed by atoms with Crippen molar-refractivity contribution in [3.8, 4) is 17.1 Å². The molecule has 0 radical (unpaired) electrons. The van der Waals surface area contributed by atoms with Crippen LogP contribution in [-0.2, 0) is 20.9 Å². The number of aromatic nitrogens is 3. The highest BCUT2D eigenvalue weighted by Gasteiger charge is 2.17. The number of hydrogen-bond donors (Lipinski definition) is 1. The minimum Gasteiger partial charge on any atom is -0.497 e. The first-order valence-corrected chi connectivity index (χ1v) is 9.65. The Balaban J connectivity index is 1.80.